The van der Waals surface area contributed by atoms with E-state index in [-0.39, 0.29) is 12.3 Å². The van der Waals surface area contributed by atoms with Crippen LogP contribution in [-0.2, 0) is 17.8 Å². The summed E-state index contributed by atoms with van der Waals surface area (Å²) in [6.45, 7) is -1.97. The molecule has 0 radical (unpaired) electrons. The van der Waals surface area contributed by atoms with Gasteiger partial charge in [0.15, 0.2) is 0 Å². The van der Waals surface area contributed by atoms with Gasteiger partial charge in [-0.3, -0.25) is 15.0 Å². The van der Waals surface area contributed by atoms with Crippen LogP contribution >= 0.6 is 11.3 Å². The van der Waals surface area contributed by atoms with E-state index in [1.165, 1.54) is 12.1 Å². The van der Waals surface area contributed by atoms with Gasteiger partial charge < -0.3 is 10.1 Å². The summed E-state index contributed by atoms with van der Waals surface area (Å²) < 4.78 is 28.5. The SMILES string of the molecule is CN(CC(=O)NC(=O)NCCc1cccs1)Cc1ccc(OC(F)F)cc1. The monoisotopic (exact) mass is 397 g/mol. The molecule has 27 heavy (non-hydrogen) atoms. The summed E-state index contributed by atoms with van der Waals surface area (Å²) in [5.74, 6) is -0.350. The summed E-state index contributed by atoms with van der Waals surface area (Å²) in [7, 11) is 1.72. The molecule has 1 aromatic carbocycles. The molecule has 0 unspecified atom stereocenters. The van der Waals surface area contributed by atoms with Crippen LogP contribution in [0.3, 0.4) is 0 Å². The number of urea groups is 1. The molecule has 2 rings (SSSR count). The third kappa shape index (κ3) is 8.14. The molecule has 0 aliphatic heterocycles. The van der Waals surface area contributed by atoms with Gasteiger partial charge in [-0.05, 0) is 42.6 Å². The Morgan fingerprint density at radius 3 is 2.59 bits per heavy atom. The number of rotatable bonds is 9. The number of hydrogen-bond donors (Lipinski definition) is 2. The first-order valence-corrected chi connectivity index (χ1v) is 9.12. The number of amides is 3. The summed E-state index contributed by atoms with van der Waals surface area (Å²) >= 11 is 1.61. The van der Waals surface area contributed by atoms with Gasteiger partial charge in [-0.25, -0.2) is 4.79 Å². The van der Waals surface area contributed by atoms with Gasteiger partial charge in [0, 0.05) is 18.0 Å². The lowest BCUT2D eigenvalue weighted by atomic mass is 10.2. The summed E-state index contributed by atoms with van der Waals surface area (Å²) in [5.41, 5.74) is 0.826. The Bertz CT molecular complexity index is 724. The van der Waals surface area contributed by atoms with Gasteiger partial charge >= 0.3 is 12.6 Å². The minimum Gasteiger partial charge on any atom is -0.435 e. The first kappa shape index (κ1) is 20.8. The van der Waals surface area contributed by atoms with Crippen molar-refractivity contribution in [3.8, 4) is 5.75 Å². The maximum absolute atomic E-state index is 12.1. The molecule has 0 saturated heterocycles. The van der Waals surface area contributed by atoms with E-state index in [1.807, 2.05) is 17.5 Å². The van der Waals surface area contributed by atoms with E-state index in [2.05, 4.69) is 15.4 Å². The van der Waals surface area contributed by atoms with Gasteiger partial charge in [0.2, 0.25) is 5.91 Å². The van der Waals surface area contributed by atoms with Crippen LogP contribution in [0.2, 0.25) is 0 Å². The van der Waals surface area contributed by atoms with Gasteiger partial charge in [-0.2, -0.15) is 8.78 Å². The van der Waals surface area contributed by atoms with Crippen LogP contribution in [0.4, 0.5) is 13.6 Å². The molecule has 0 bridgehead atoms. The molecule has 0 atom stereocenters. The van der Waals surface area contributed by atoms with Crippen LogP contribution in [-0.4, -0.2) is 43.6 Å². The molecule has 6 nitrogen and oxygen atoms in total. The molecular formula is C18H21F2N3O3S. The summed E-state index contributed by atoms with van der Waals surface area (Å²) in [6, 6.07) is 9.56. The van der Waals surface area contributed by atoms with Crippen molar-refractivity contribution in [3.63, 3.8) is 0 Å². The summed E-state index contributed by atoms with van der Waals surface area (Å²) in [4.78, 5) is 26.5. The second-order valence-electron chi connectivity index (χ2n) is 5.83. The molecule has 2 aromatic rings. The highest BCUT2D eigenvalue weighted by atomic mass is 32.1. The van der Waals surface area contributed by atoms with Crippen molar-refractivity contribution in [2.75, 3.05) is 20.1 Å². The quantitative estimate of drug-likeness (QED) is 0.683. The molecular weight excluding hydrogens is 376 g/mol. The highest BCUT2D eigenvalue weighted by Crippen LogP contribution is 2.15. The van der Waals surface area contributed by atoms with Gasteiger partial charge in [0.1, 0.15) is 5.75 Å². The molecule has 0 saturated carbocycles. The zero-order chi connectivity index (χ0) is 19.6. The number of nitrogens with one attached hydrogen (secondary N) is 2. The van der Waals surface area contributed by atoms with Crippen LogP contribution in [0.25, 0.3) is 0 Å². The maximum atomic E-state index is 12.1. The van der Waals surface area contributed by atoms with Crippen molar-refractivity contribution >= 4 is 23.3 Å². The molecule has 2 N–H and O–H groups in total. The Morgan fingerprint density at radius 1 is 1.22 bits per heavy atom. The lowest BCUT2D eigenvalue weighted by Crippen LogP contribution is -2.44. The van der Waals surface area contributed by atoms with Crippen molar-refractivity contribution in [1.29, 1.82) is 0 Å². The number of benzene rings is 1. The molecule has 1 aromatic heterocycles. The first-order chi connectivity index (χ1) is 12.9. The largest absolute Gasteiger partial charge is 0.435 e. The number of imide groups is 1. The Kier molecular flexibility index (Phi) is 8.15. The number of halogens is 2. The van der Waals surface area contributed by atoms with Crippen LogP contribution in [0, 0.1) is 0 Å². The van der Waals surface area contributed by atoms with E-state index in [9.17, 15) is 18.4 Å². The lowest BCUT2D eigenvalue weighted by Gasteiger charge is -2.16. The Morgan fingerprint density at radius 2 is 1.96 bits per heavy atom. The smallest absolute Gasteiger partial charge is 0.387 e. The second kappa shape index (κ2) is 10.6. The number of carbonyl (C=O) groups excluding carboxylic acids is 2. The van der Waals surface area contributed by atoms with E-state index in [0.717, 1.165) is 10.4 Å². The fourth-order valence-electron chi connectivity index (χ4n) is 2.35. The van der Waals surface area contributed by atoms with E-state index < -0.39 is 18.5 Å². The van der Waals surface area contributed by atoms with Gasteiger partial charge in [0.05, 0.1) is 6.54 Å². The normalized spacial score (nSPS) is 10.9. The van der Waals surface area contributed by atoms with E-state index in [1.54, 1.807) is 35.4 Å². The topological polar surface area (TPSA) is 70.7 Å². The van der Waals surface area contributed by atoms with Crippen LogP contribution in [0.1, 0.15) is 10.4 Å². The van der Waals surface area contributed by atoms with Crippen molar-refractivity contribution in [1.82, 2.24) is 15.5 Å². The van der Waals surface area contributed by atoms with Gasteiger partial charge in [0.25, 0.3) is 0 Å². The number of ether oxygens (including phenoxy) is 1. The molecule has 0 aliphatic carbocycles. The zero-order valence-corrected chi connectivity index (χ0v) is 15.6. The third-order valence-electron chi connectivity index (χ3n) is 3.50. The molecule has 0 fully saturated rings. The average molecular weight is 397 g/mol. The van der Waals surface area contributed by atoms with Crippen LogP contribution < -0.4 is 15.4 Å². The molecule has 0 aliphatic rings. The number of thiophene rings is 1. The van der Waals surface area contributed by atoms with Crippen LogP contribution in [0.5, 0.6) is 5.75 Å². The Labute approximate surface area is 160 Å². The third-order valence-corrected chi connectivity index (χ3v) is 4.44. The molecule has 146 valence electrons. The second-order valence-corrected chi connectivity index (χ2v) is 6.86. The average Bonchev–Trinajstić information content (AvgIpc) is 3.09. The van der Waals surface area contributed by atoms with Gasteiger partial charge in [-0.15, -0.1) is 11.3 Å². The van der Waals surface area contributed by atoms with Crippen LogP contribution in [0.15, 0.2) is 41.8 Å². The Balaban J connectivity index is 1.67. The van der Waals surface area contributed by atoms with E-state index in [4.69, 9.17) is 0 Å². The number of nitrogens with zero attached hydrogens (tertiary/aromatic N) is 1. The number of alkyl halides is 2. The molecule has 1 heterocycles. The number of hydrogen-bond acceptors (Lipinski definition) is 5. The van der Waals surface area contributed by atoms with Crippen molar-refractivity contribution < 1.29 is 23.1 Å². The highest BCUT2D eigenvalue weighted by molar-refractivity contribution is 7.09. The van der Waals surface area contributed by atoms with Crippen molar-refractivity contribution in [2.45, 2.75) is 19.6 Å². The first-order valence-electron chi connectivity index (χ1n) is 8.24. The van der Waals surface area contributed by atoms with E-state index in [0.29, 0.717) is 19.5 Å². The fraction of sp³-hybridized carbons (Fsp3) is 0.333. The van der Waals surface area contributed by atoms with Crippen molar-refractivity contribution in [3.05, 3.63) is 52.2 Å². The summed E-state index contributed by atoms with van der Waals surface area (Å²) in [6.07, 6.45) is 0.713. The number of likely N-dealkylation sites (N-methyl/N-ethyl adjacent to an activating group) is 1. The Hall–Kier alpha value is -2.52. The standard InChI is InChI=1S/C18H21F2N3O3S/c1-23(11-13-4-6-14(7-5-13)26-17(19)20)12-16(24)22-18(25)21-9-8-15-3-2-10-27-15/h2-7,10,17H,8-9,11-12H2,1H3,(H2,21,22,24,25). The summed E-state index contributed by atoms with van der Waals surface area (Å²) in [5, 5.41) is 6.88. The fourth-order valence-corrected chi connectivity index (χ4v) is 3.06. The van der Waals surface area contributed by atoms with Crippen molar-refractivity contribution in [2.24, 2.45) is 0 Å². The maximum Gasteiger partial charge on any atom is 0.387 e. The van der Waals surface area contributed by atoms with E-state index >= 15 is 0 Å². The van der Waals surface area contributed by atoms with Gasteiger partial charge in [-0.1, -0.05) is 18.2 Å². The lowest BCUT2D eigenvalue weighted by molar-refractivity contribution is -0.121. The molecule has 0 spiro atoms. The molecule has 3 amide bonds. The molecule has 9 heteroatoms. The predicted molar refractivity (Wildman–Crippen MR) is 99.0 cm³/mol. The highest BCUT2D eigenvalue weighted by Gasteiger charge is 2.11. The predicted octanol–water partition coefficient (Wildman–Crippen LogP) is 2.85. The number of carbonyl (C=O) groups is 2. The zero-order valence-electron chi connectivity index (χ0n) is 14.8. The minimum atomic E-state index is -2.86. The minimum absolute atomic E-state index is 0.0215.